The molecule has 0 radical (unpaired) electrons. The fourth-order valence-corrected chi connectivity index (χ4v) is 3.38. The van der Waals surface area contributed by atoms with Crippen LogP contribution in [0.25, 0.3) is 10.4 Å². The highest BCUT2D eigenvalue weighted by Crippen LogP contribution is 2.39. The third kappa shape index (κ3) is 2.20. The SMILES string of the molecule is Cc1c(-c2ccc(S(N)(=O)=O)s2)ccc(O)c1O. The van der Waals surface area contributed by atoms with Crippen molar-refractivity contribution in [1.82, 2.24) is 0 Å². The van der Waals surface area contributed by atoms with E-state index in [1.165, 1.54) is 12.1 Å². The van der Waals surface area contributed by atoms with E-state index in [2.05, 4.69) is 0 Å². The van der Waals surface area contributed by atoms with Gasteiger partial charge in [-0.05, 0) is 36.8 Å². The van der Waals surface area contributed by atoms with Crippen LogP contribution in [0.2, 0.25) is 0 Å². The lowest BCUT2D eigenvalue weighted by molar-refractivity contribution is 0.401. The summed E-state index contributed by atoms with van der Waals surface area (Å²) in [5.41, 5.74) is 1.14. The Labute approximate surface area is 108 Å². The molecule has 0 saturated heterocycles. The maximum atomic E-state index is 11.2. The Morgan fingerprint density at radius 1 is 1.17 bits per heavy atom. The van der Waals surface area contributed by atoms with Gasteiger partial charge in [-0.15, -0.1) is 11.3 Å². The van der Waals surface area contributed by atoms with Crippen molar-refractivity contribution >= 4 is 21.4 Å². The fraction of sp³-hybridized carbons (Fsp3) is 0.0909. The van der Waals surface area contributed by atoms with Crippen molar-refractivity contribution in [1.29, 1.82) is 0 Å². The summed E-state index contributed by atoms with van der Waals surface area (Å²) in [5.74, 6) is -0.419. The van der Waals surface area contributed by atoms with E-state index in [4.69, 9.17) is 5.14 Å². The van der Waals surface area contributed by atoms with Gasteiger partial charge in [0.05, 0.1) is 0 Å². The van der Waals surface area contributed by atoms with Gasteiger partial charge >= 0.3 is 0 Å². The predicted octanol–water partition coefficient (Wildman–Crippen LogP) is 1.78. The zero-order valence-electron chi connectivity index (χ0n) is 9.41. The molecule has 1 aromatic heterocycles. The van der Waals surface area contributed by atoms with E-state index in [1.807, 2.05) is 0 Å². The van der Waals surface area contributed by atoms with Gasteiger partial charge in [0, 0.05) is 10.4 Å². The first-order valence-electron chi connectivity index (χ1n) is 4.95. The first-order chi connectivity index (χ1) is 8.30. The molecule has 1 heterocycles. The smallest absolute Gasteiger partial charge is 0.247 e. The highest BCUT2D eigenvalue weighted by molar-refractivity contribution is 7.91. The van der Waals surface area contributed by atoms with Crippen molar-refractivity contribution in [3.05, 3.63) is 29.8 Å². The summed E-state index contributed by atoms with van der Waals surface area (Å²) in [6.45, 7) is 1.64. The molecule has 5 nitrogen and oxygen atoms in total. The molecule has 2 aromatic rings. The van der Waals surface area contributed by atoms with Crippen molar-refractivity contribution in [3.63, 3.8) is 0 Å². The number of sulfonamides is 1. The van der Waals surface area contributed by atoms with Crippen LogP contribution in [-0.4, -0.2) is 18.6 Å². The van der Waals surface area contributed by atoms with Crippen molar-refractivity contribution in [2.75, 3.05) is 0 Å². The molecule has 0 saturated carbocycles. The second kappa shape index (κ2) is 4.27. The van der Waals surface area contributed by atoms with Crippen LogP contribution in [-0.2, 0) is 10.0 Å². The summed E-state index contributed by atoms with van der Waals surface area (Å²) in [5, 5.41) is 24.0. The number of nitrogens with two attached hydrogens (primary N) is 1. The Morgan fingerprint density at radius 3 is 2.39 bits per heavy atom. The summed E-state index contributed by atoms with van der Waals surface area (Å²) < 4.78 is 22.4. The Morgan fingerprint density at radius 2 is 1.83 bits per heavy atom. The number of hydrogen-bond donors (Lipinski definition) is 3. The second-order valence-electron chi connectivity index (χ2n) is 3.77. The Balaban J connectivity index is 2.57. The maximum Gasteiger partial charge on any atom is 0.247 e. The summed E-state index contributed by atoms with van der Waals surface area (Å²) in [6, 6.07) is 6.00. The predicted molar refractivity (Wildman–Crippen MR) is 69.2 cm³/mol. The number of thiophene rings is 1. The molecule has 1 aromatic carbocycles. The molecule has 2 rings (SSSR count). The molecule has 0 aliphatic heterocycles. The second-order valence-corrected chi connectivity index (χ2v) is 6.64. The average Bonchev–Trinajstić information content (AvgIpc) is 2.75. The van der Waals surface area contributed by atoms with E-state index in [0.717, 1.165) is 11.3 Å². The third-order valence-electron chi connectivity index (χ3n) is 2.54. The Hall–Kier alpha value is -1.57. The molecule has 0 atom stereocenters. The molecule has 18 heavy (non-hydrogen) atoms. The molecule has 0 unspecified atom stereocenters. The normalized spacial score (nSPS) is 11.7. The lowest BCUT2D eigenvalue weighted by atomic mass is 10.1. The third-order valence-corrected chi connectivity index (χ3v) is 5.09. The van der Waals surface area contributed by atoms with Crippen molar-refractivity contribution in [2.45, 2.75) is 11.1 Å². The topological polar surface area (TPSA) is 101 Å². The van der Waals surface area contributed by atoms with Crippen molar-refractivity contribution < 1.29 is 18.6 Å². The van der Waals surface area contributed by atoms with E-state index < -0.39 is 10.0 Å². The van der Waals surface area contributed by atoms with E-state index in [0.29, 0.717) is 16.0 Å². The van der Waals surface area contributed by atoms with Crippen LogP contribution < -0.4 is 5.14 Å². The number of rotatable bonds is 2. The van der Waals surface area contributed by atoms with E-state index in [1.54, 1.807) is 19.1 Å². The lowest BCUT2D eigenvalue weighted by Crippen LogP contribution is -2.09. The molecule has 4 N–H and O–H groups in total. The minimum absolute atomic E-state index is 0.0597. The highest BCUT2D eigenvalue weighted by Gasteiger charge is 2.15. The first-order valence-corrected chi connectivity index (χ1v) is 7.31. The van der Waals surface area contributed by atoms with Crippen LogP contribution in [0.4, 0.5) is 0 Å². The van der Waals surface area contributed by atoms with Gasteiger partial charge in [-0.25, -0.2) is 13.6 Å². The van der Waals surface area contributed by atoms with Crippen molar-refractivity contribution in [3.8, 4) is 21.9 Å². The van der Waals surface area contributed by atoms with Gasteiger partial charge in [0.1, 0.15) is 4.21 Å². The van der Waals surface area contributed by atoms with Gasteiger partial charge in [-0.2, -0.15) is 0 Å². The van der Waals surface area contributed by atoms with E-state index >= 15 is 0 Å². The zero-order chi connectivity index (χ0) is 13.5. The van der Waals surface area contributed by atoms with Crippen molar-refractivity contribution in [2.24, 2.45) is 5.14 Å². The largest absolute Gasteiger partial charge is 0.504 e. The number of phenols is 2. The maximum absolute atomic E-state index is 11.2. The van der Waals surface area contributed by atoms with Gasteiger partial charge < -0.3 is 10.2 Å². The van der Waals surface area contributed by atoms with Gasteiger partial charge in [0.2, 0.25) is 10.0 Å². The minimum atomic E-state index is -3.71. The van der Waals surface area contributed by atoms with Crippen LogP contribution in [0.1, 0.15) is 5.56 Å². The highest BCUT2D eigenvalue weighted by atomic mass is 32.2. The molecule has 0 spiro atoms. The number of phenolic OH excluding ortho intramolecular Hbond substituents is 2. The van der Waals surface area contributed by atoms with Crippen LogP contribution >= 0.6 is 11.3 Å². The molecule has 96 valence electrons. The minimum Gasteiger partial charge on any atom is -0.504 e. The van der Waals surface area contributed by atoms with Gasteiger partial charge in [-0.3, -0.25) is 0 Å². The standard InChI is InChI=1S/C11H11NO4S2/c1-6-7(2-3-8(13)11(6)14)9-4-5-10(17-9)18(12,15)16/h2-5,13-14H,1H3,(H2,12,15,16). The van der Waals surface area contributed by atoms with E-state index in [-0.39, 0.29) is 15.7 Å². The molecule has 0 bridgehead atoms. The van der Waals surface area contributed by atoms with Gasteiger partial charge in [0.25, 0.3) is 0 Å². The molecule has 0 fully saturated rings. The zero-order valence-corrected chi connectivity index (χ0v) is 11.0. The number of hydrogen-bond acceptors (Lipinski definition) is 5. The molecular formula is C11H11NO4S2. The summed E-state index contributed by atoms with van der Waals surface area (Å²) in [4.78, 5) is 0.659. The Kier molecular flexibility index (Phi) is 3.05. The monoisotopic (exact) mass is 285 g/mol. The lowest BCUT2D eigenvalue weighted by Gasteiger charge is -2.06. The van der Waals surface area contributed by atoms with Crippen LogP contribution in [0.15, 0.2) is 28.5 Å². The molecule has 0 amide bonds. The summed E-state index contributed by atoms with van der Waals surface area (Å²) in [6.07, 6.45) is 0. The molecule has 0 aliphatic rings. The van der Waals surface area contributed by atoms with Crippen LogP contribution in [0, 0.1) is 6.92 Å². The molecular weight excluding hydrogens is 274 g/mol. The summed E-state index contributed by atoms with van der Waals surface area (Å²) >= 11 is 1.02. The number of benzene rings is 1. The van der Waals surface area contributed by atoms with Crippen LogP contribution in [0.3, 0.4) is 0 Å². The molecule has 7 heteroatoms. The first kappa shape index (κ1) is 12.9. The number of aromatic hydroxyl groups is 2. The van der Waals surface area contributed by atoms with Gasteiger partial charge in [0.15, 0.2) is 11.5 Å². The van der Waals surface area contributed by atoms with E-state index in [9.17, 15) is 18.6 Å². The quantitative estimate of drug-likeness (QED) is 0.732. The summed E-state index contributed by atoms with van der Waals surface area (Å²) in [7, 11) is -3.71. The molecule has 0 aliphatic carbocycles. The van der Waals surface area contributed by atoms with Gasteiger partial charge in [-0.1, -0.05) is 0 Å². The average molecular weight is 285 g/mol. The fourth-order valence-electron chi connectivity index (χ4n) is 1.57. The Bertz CT molecular complexity index is 704. The van der Waals surface area contributed by atoms with Crippen LogP contribution in [0.5, 0.6) is 11.5 Å². The number of primary sulfonamides is 1.